The molecule has 3 aromatic heterocycles. The van der Waals surface area contributed by atoms with Crippen molar-refractivity contribution >= 4 is 34.3 Å². The van der Waals surface area contributed by atoms with Gasteiger partial charge in [0.2, 0.25) is 5.95 Å². The van der Waals surface area contributed by atoms with Gasteiger partial charge in [-0.2, -0.15) is 4.98 Å². The monoisotopic (exact) mass is 359 g/mol. The number of hydrogen-bond acceptors (Lipinski definition) is 6. The summed E-state index contributed by atoms with van der Waals surface area (Å²) >= 11 is 6.20. The highest BCUT2D eigenvalue weighted by molar-refractivity contribution is 6.34. The van der Waals surface area contributed by atoms with Crippen LogP contribution in [0, 0.1) is 13.8 Å². The van der Waals surface area contributed by atoms with Gasteiger partial charge in [-0.3, -0.25) is 4.98 Å². The quantitative estimate of drug-likeness (QED) is 0.548. The number of aryl methyl sites for hydroxylation is 1. The van der Waals surface area contributed by atoms with Crippen molar-refractivity contribution in [2.45, 2.75) is 20.4 Å². The molecule has 0 radical (unpaired) electrons. The molecule has 0 bridgehead atoms. The first-order chi connectivity index (χ1) is 11.8. The van der Waals surface area contributed by atoms with E-state index in [1.165, 1.54) is 0 Å². The lowest BCUT2D eigenvalue weighted by atomic mass is 10.1. The third-order valence-electron chi connectivity index (χ3n) is 4.11. The zero-order valence-electron chi connectivity index (χ0n) is 14.2. The average Bonchev–Trinajstić information content (AvgIpc) is 2.90. The predicted octanol–water partition coefficient (Wildman–Crippen LogP) is 3.26. The Hall–Kier alpha value is -2.80. The second-order valence-electron chi connectivity index (χ2n) is 5.72. The van der Waals surface area contributed by atoms with E-state index < -0.39 is 0 Å². The summed E-state index contributed by atoms with van der Waals surface area (Å²) in [5, 5.41) is 10.6. The van der Waals surface area contributed by atoms with E-state index in [2.05, 4.69) is 21.5 Å². The average molecular weight is 360 g/mol. The minimum absolute atomic E-state index is 0.0586. The molecule has 0 saturated heterocycles. The summed E-state index contributed by atoms with van der Waals surface area (Å²) < 4.78 is 7.26. The molecular formula is C17H18ClN5O2. The summed E-state index contributed by atoms with van der Waals surface area (Å²) in [4.78, 5) is 12.6. The molecule has 0 aliphatic rings. The number of nitrogens with two attached hydrogens (primary N) is 1. The molecule has 0 unspecified atom stereocenters. The molecule has 8 heteroatoms. The third kappa shape index (κ3) is 2.87. The van der Waals surface area contributed by atoms with Gasteiger partial charge < -0.3 is 20.1 Å². The highest BCUT2D eigenvalue weighted by atomic mass is 35.5. The molecule has 25 heavy (non-hydrogen) atoms. The molecule has 0 amide bonds. The van der Waals surface area contributed by atoms with Gasteiger partial charge in [0.05, 0.1) is 24.7 Å². The van der Waals surface area contributed by atoms with Gasteiger partial charge in [0.15, 0.2) is 0 Å². The van der Waals surface area contributed by atoms with Gasteiger partial charge >= 0.3 is 0 Å². The summed E-state index contributed by atoms with van der Waals surface area (Å²) in [6.45, 7) is 7.89. The normalized spacial score (nSPS) is 11.0. The van der Waals surface area contributed by atoms with Gasteiger partial charge in [-0.15, -0.1) is 0 Å². The van der Waals surface area contributed by atoms with Crippen molar-refractivity contribution in [3.63, 3.8) is 0 Å². The van der Waals surface area contributed by atoms with E-state index in [4.69, 9.17) is 22.1 Å². The Bertz CT molecular complexity index is 997. The minimum atomic E-state index is -0.115. The highest BCUT2D eigenvalue weighted by Gasteiger charge is 2.18. The van der Waals surface area contributed by atoms with Crippen molar-refractivity contribution in [3.05, 3.63) is 46.5 Å². The summed E-state index contributed by atoms with van der Waals surface area (Å²) in [7, 11) is 1.62. The highest BCUT2D eigenvalue weighted by Crippen LogP contribution is 2.31. The molecule has 0 atom stereocenters. The van der Waals surface area contributed by atoms with Crippen LogP contribution in [0.15, 0.2) is 19.0 Å². The van der Waals surface area contributed by atoms with Gasteiger partial charge in [-0.05, 0) is 25.0 Å². The number of ether oxygens (including phenoxy) is 1. The minimum Gasteiger partial charge on any atom is -0.508 e. The zero-order chi connectivity index (χ0) is 18.3. The van der Waals surface area contributed by atoms with Crippen LogP contribution in [0.3, 0.4) is 0 Å². The molecule has 7 nitrogen and oxygen atoms in total. The molecule has 0 aliphatic heterocycles. The van der Waals surface area contributed by atoms with Crippen LogP contribution in [0.5, 0.6) is 5.75 Å². The van der Waals surface area contributed by atoms with Crippen LogP contribution in [0.1, 0.15) is 22.4 Å². The van der Waals surface area contributed by atoms with Crippen molar-refractivity contribution in [1.82, 2.24) is 19.5 Å². The van der Waals surface area contributed by atoms with E-state index in [1.54, 1.807) is 19.5 Å². The number of nitrogens with zero attached hydrogens (tertiary/aromatic N) is 4. The maximum Gasteiger partial charge on any atom is 0.223 e. The topological polar surface area (TPSA) is 99.1 Å². The number of rotatable bonds is 4. The molecular weight excluding hydrogens is 342 g/mol. The Morgan fingerprint density at radius 2 is 2.12 bits per heavy atom. The summed E-state index contributed by atoms with van der Waals surface area (Å²) in [5.41, 5.74) is 9.46. The Balaban J connectivity index is 2.19. The van der Waals surface area contributed by atoms with Crippen molar-refractivity contribution in [3.8, 4) is 5.75 Å². The Morgan fingerprint density at radius 3 is 2.76 bits per heavy atom. The lowest BCUT2D eigenvalue weighted by Crippen LogP contribution is -2.06. The molecule has 0 saturated carbocycles. The lowest BCUT2D eigenvalue weighted by Gasteiger charge is -2.13. The van der Waals surface area contributed by atoms with Gasteiger partial charge in [0.1, 0.15) is 22.3 Å². The van der Waals surface area contributed by atoms with E-state index in [0.29, 0.717) is 23.1 Å². The van der Waals surface area contributed by atoms with E-state index >= 15 is 0 Å². The number of anilines is 1. The number of pyridine rings is 1. The zero-order valence-corrected chi connectivity index (χ0v) is 14.9. The van der Waals surface area contributed by atoms with Crippen molar-refractivity contribution in [1.29, 1.82) is 0 Å². The van der Waals surface area contributed by atoms with E-state index in [9.17, 15) is 5.11 Å². The number of aromatic nitrogens is 4. The Morgan fingerprint density at radius 1 is 1.40 bits per heavy atom. The number of halogens is 1. The molecule has 3 rings (SSSR count). The first-order valence-electron chi connectivity index (χ1n) is 7.52. The third-order valence-corrected chi connectivity index (χ3v) is 4.38. The predicted molar refractivity (Wildman–Crippen MR) is 98.0 cm³/mol. The first kappa shape index (κ1) is 17.0. The van der Waals surface area contributed by atoms with E-state index in [0.717, 1.165) is 22.6 Å². The lowest BCUT2D eigenvalue weighted by molar-refractivity contribution is 0.405. The van der Waals surface area contributed by atoms with Crippen LogP contribution < -0.4 is 10.5 Å². The molecule has 0 aliphatic carbocycles. The molecule has 0 aromatic carbocycles. The van der Waals surface area contributed by atoms with Gasteiger partial charge in [-0.25, -0.2) is 4.98 Å². The Labute approximate surface area is 149 Å². The number of aliphatic hydroxyl groups is 1. The first-order valence-corrected chi connectivity index (χ1v) is 7.90. The fraction of sp³-hybridized carbons (Fsp3) is 0.235. The van der Waals surface area contributed by atoms with Crippen LogP contribution in [0.2, 0.25) is 5.15 Å². The van der Waals surface area contributed by atoms with Gasteiger partial charge in [0.25, 0.3) is 0 Å². The second-order valence-corrected chi connectivity index (χ2v) is 6.07. The molecule has 0 fully saturated rings. The largest absolute Gasteiger partial charge is 0.508 e. The standard InChI is InChI=1S/C17H18ClN5O2/c1-8-11(5-20-9(2)14(8)25-4)6-23-7-12(10(3)24)13-15(18)21-17(19)22-16(13)23/h5,7,24H,3,6H2,1-2,4H3,(H2,19,21,22). The number of fused-ring (bicyclic) bond motifs is 1. The van der Waals surface area contributed by atoms with Crippen molar-refractivity contribution in [2.75, 3.05) is 12.8 Å². The summed E-state index contributed by atoms with van der Waals surface area (Å²) in [6, 6.07) is 0. The number of aliphatic hydroxyl groups excluding tert-OH is 1. The summed E-state index contributed by atoms with van der Waals surface area (Å²) in [6.07, 6.45) is 3.51. The second kappa shape index (κ2) is 6.25. The molecule has 3 aromatic rings. The van der Waals surface area contributed by atoms with E-state index in [-0.39, 0.29) is 16.9 Å². The fourth-order valence-corrected chi connectivity index (χ4v) is 3.16. The fourth-order valence-electron chi connectivity index (χ4n) is 2.89. The van der Waals surface area contributed by atoms with Crippen molar-refractivity contribution in [2.24, 2.45) is 0 Å². The molecule has 130 valence electrons. The van der Waals surface area contributed by atoms with Crippen LogP contribution >= 0.6 is 11.6 Å². The van der Waals surface area contributed by atoms with Gasteiger partial charge in [-0.1, -0.05) is 18.2 Å². The summed E-state index contributed by atoms with van der Waals surface area (Å²) in [5.74, 6) is 0.687. The SMILES string of the molecule is C=C(O)c1cn(Cc2cnc(C)c(OC)c2C)c2nc(N)nc(Cl)c12. The molecule has 3 heterocycles. The Kier molecular flexibility index (Phi) is 4.26. The molecule has 0 spiro atoms. The van der Waals surface area contributed by atoms with Crippen LogP contribution in [0.25, 0.3) is 16.8 Å². The maximum absolute atomic E-state index is 9.88. The number of nitrogen functional groups attached to an aromatic ring is 1. The van der Waals surface area contributed by atoms with Crippen LogP contribution in [-0.2, 0) is 6.54 Å². The van der Waals surface area contributed by atoms with E-state index in [1.807, 2.05) is 18.4 Å². The van der Waals surface area contributed by atoms with Crippen molar-refractivity contribution < 1.29 is 9.84 Å². The maximum atomic E-state index is 9.88. The van der Waals surface area contributed by atoms with Gasteiger partial charge in [0, 0.05) is 18.0 Å². The molecule has 3 N–H and O–H groups in total. The van der Waals surface area contributed by atoms with Crippen LogP contribution in [0.4, 0.5) is 5.95 Å². The number of hydrogen-bond donors (Lipinski definition) is 2. The number of methoxy groups -OCH3 is 1. The smallest absolute Gasteiger partial charge is 0.223 e. The van der Waals surface area contributed by atoms with Crippen LogP contribution in [-0.4, -0.2) is 31.7 Å².